The first kappa shape index (κ1) is 38.5. The number of nitrogens with zero attached hydrogens (tertiary/aromatic N) is 4. The average molecular weight is 785 g/mol. The third kappa shape index (κ3) is 7.31. The maximum atomic E-state index is 9.63. The van der Waals surface area contributed by atoms with Crippen LogP contribution in [0.1, 0.15) is 102 Å². The molecule has 300 valence electrons. The van der Waals surface area contributed by atoms with E-state index >= 15 is 0 Å². The van der Waals surface area contributed by atoms with Crippen LogP contribution in [0.3, 0.4) is 0 Å². The van der Waals surface area contributed by atoms with E-state index in [1.165, 1.54) is 74.5 Å². The van der Waals surface area contributed by atoms with Gasteiger partial charge in [0, 0.05) is 16.7 Å². The fourth-order valence-electron chi connectivity index (χ4n) is 13.0. The molecule has 10 rings (SSSR count). The molecule has 3 unspecified atom stereocenters. The first-order chi connectivity index (χ1) is 29.1. The lowest BCUT2D eigenvalue weighted by Crippen LogP contribution is -2.42. The zero-order valence-corrected chi connectivity index (χ0v) is 35.5. The Bertz CT molecular complexity index is 2590. The molecule has 1 heterocycles. The van der Waals surface area contributed by atoms with Crippen LogP contribution in [0.25, 0.3) is 56.4 Å². The molecule has 4 heteroatoms. The summed E-state index contributed by atoms with van der Waals surface area (Å²) in [7, 11) is 0. The monoisotopic (exact) mass is 784 g/mol. The summed E-state index contributed by atoms with van der Waals surface area (Å²) in [4.78, 5) is 15.8. The second-order valence-corrected chi connectivity index (χ2v) is 19.7. The standard InChI is InChI=1S/C56H56N4/c1-36-23-41-24-37(2)30-55(29-36,33-41)48-19-15-43(16-20-48)50-13-5-6-14-51(50)54-59-52(44-17-21-49(22-18-44)56-31-38(3)25-42(34-56)26-39(4)32-56)58-53(60-54)47-12-8-11-46(28-47)45-10-7-9-40(27-45)35-57/h5-22,27-28,37-39,41-42H,1,23-26,29-34H2,2-4H3/t37-,38-,39+,41+,42?,55?,56?/m0/s1. The third-order valence-electron chi connectivity index (χ3n) is 14.8. The van der Waals surface area contributed by atoms with Crippen molar-refractivity contribution in [2.75, 3.05) is 0 Å². The van der Waals surface area contributed by atoms with Crippen LogP contribution >= 0.6 is 0 Å². The molecule has 4 saturated carbocycles. The Morgan fingerprint density at radius 1 is 0.517 bits per heavy atom. The summed E-state index contributed by atoms with van der Waals surface area (Å²) in [6.45, 7) is 11.9. The summed E-state index contributed by atoms with van der Waals surface area (Å²) < 4.78 is 0. The lowest BCUT2D eigenvalue weighted by atomic mass is 9.54. The summed E-state index contributed by atoms with van der Waals surface area (Å²) >= 11 is 0. The predicted molar refractivity (Wildman–Crippen MR) is 245 cm³/mol. The van der Waals surface area contributed by atoms with Gasteiger partial charge in [-0.1, -0.05) is 136 Å². The minimum atomic E-state index is 0.194. The van der Waals surface area contributed by atoms with E-state index in [9.17, 15) is 5.26 Å². The average Bonchev–Trinajstić information content (AvgIpc) is 3.25. The molecule has 0 amide bonds. The van der Waals surface area contributed by atoms with Crippen molar-refractivity contribution in [2.24, 2.45) is 29.6 Å². The van der Waals surface area contributed by atoms with E-state index in [1.807, 2.05) is 24.3 Å². The van der Waals surface area contributed by atoms with Gasteiger partial charge in [-0.2, -0.15) is 5.26 Å². The minimum Gasteiger partial charge on any atom is -0.208 e. The van der Waals surface area contributed by atoms with Crippen molar-refractivity contribution >= 4 is 0 Å². The second kappa shape index (κ2) is 15.4. The number of fused-ring (bicyclic) bond motifs is 4. The van der Waals surface area contributed by atoms with E-state index in [0.717, 1.165) is 75.0 Å². The lowest BCUT2D eigenvalue weighted by molar-refractivity contribution is 0.0780. The van der Waals surface area contributed by atoms with E-state index in [1.54, 1.807) is 0 Å². The van der Waals surface area contributed by atoms with Crippen LogP contribution in [-0.2, 0) is 10.8 Å². The second-order valence-electron chi connectivity index (χ2n) is 19.7. The highest BCUT2D eigenvalue weighted by Gasteiger charge is 2.46. The molecule has 1 aromatic heterocycles. The maximum absolute atomic E-state index is 9.63. The van der Waals surface area contributed by atoms with Crippen LogP contribution in [0, 0.1) is 40.9 Å². The van der Waals surface area contributed by atoms with Crippen molar-refractivity contribution in [2.45, 2.75) is 95.8 Å². The Labute approximate surface area is 356 Å². The van der Waals surface area contributed by atoms with Crippen molar-refractivity contribution < 1.29 is 0 Å². The van der Waals surface area contributed by atoms with Crippen molar-refractivity contribution in [1.82, 2.24) is 15.0 Å². The summed E-state index contributed by atoms with van der Waals surface area (Å²) in [5.74, 6) is 5.79. The molecule has 7 atom stereocenters. The molecular weight excluding hydrogens is 729 g/mol. The van der Waals surface area contributed by atoms with Gasteiger partial charge in [0.05, 0.1) is 11.6 Å². The fraction of sp³-hybridized carbons (Fsp3) is 0.357. The van der Waals surface area contributed by atoms with Crippen LogP contribution < -0.4 is 0 Å². The number of hydrogen-bond donors (Lipinski definition) is 0. The van der Waals surface area contributed by atoms with Crippen molar-refractivity contribution in [3.8, 4) is 62.5 Å². The molecule has 0 saturated heterocycles. The molecule has 4 bridgehead atoms. The van der Waals surface area contributed by atoms with E-state index in [-0.39, 0.29) is 10.8 Å². The summed E-state index contributed by atoms with van der Waals surface area (Å²) in [5.41, 5.74) is 12.6. The molecule has 4 aliphatic rings. The number of rotatable bonds is 7. The highest BCUT2D eigenvalue weighted by molar-refractivity contribution is 5.82. The molecule has 6 aromatic rings. The summed E-state index contributed by atoms with van der Waals surface area (Å²) in [6.07, 6.45) is 12.7. The van der Waals surface area contributed by atoms with Gasteiger partial charge in [-0.3, -0.25) is 0 Å². The van der Waals surface area contributed by atoms with Crippen molar-refractivity contribution in [1.29, 1.82) is 5.26 Å². The molecule has 4 nitrogen and oxygen atoms in total. The zero-order chi connectivity index (χ0) is 41.0. The minimum absolute atomic E-state index is 0.194. The van der Waals surface area contributed by atoms with E-state index in [4.69, 9.17) is 15.0 Å². The molecule has 4 fully saturated rings. The Morgan fingerprint density at radius 3 is 1.75 bits per heavy atom. The summed E-state index contributed by atoms with van der Waals surface area (Å²) in [6, 6.07) is 45.6. The fourth-order valence-corrected chi connectivity index (χ4v) is 13.0. The molecular formula is C56H56N4. The smallest absolute Gasteiger partial charge is 0.164 e. The number of benzene rings is 5. The van der Waals surface area contributed by atoms with E-state index in [0.29, 0.717) is 23.0 Å². The normalized spacial score (nSPS) is 27.2. The topological polar surface area (TPSA) is 62.5 Å². The Kier molecular flexibility index (Phi) is 9.91. The maximum Gasteiger partial charge on any atom is 0.164 e. The molecule has 4 aliphatic carbocycles. The Hall–Kier alpha value is -5.66. The van der Waals surface area contributed by atoms with Crippen molar-refractivity contribution in [3.63, 3.8) is 0 Å². The van der Waals surface area contributed by atoms with E-state index < -0.39 is 0 Å². The van der Waals surface area contributed by atoms with Crippen LogP contribution in [-0.4, -0.2) is 15.0 Å². The predicted octanol–water partition coefficient (Wildman–Crippen LogP) is 14.2. The van der Waals surface area contributed by atoms with Gasteiger partial charge in [0.1, 0.15) is 0 Å². The van der Waals surface area contributed by atoms with E-state index in [2.05, 4.69) is 130 Å². The SMILES string of the molecule is C=C1C[C@@H]2C[C@H](C)CC(c3ccc(-c4ccccc4-c4nc(-c5ccc(C67CC(C[C@@H](C)C6)C[C@H](C)C7)cc5)nc(-c5cccc(-c6cccc(C#N)c6)c5)n4)cc3)(C1)C2. The molecule has 5 aromatic carbocycles. The zero-order valence-electron chi connectivity index (χ0n) is 35.5. The number of allylic oxidation sites excluding steroid dienone is 1. The number of nitriles is 1. The molecule has 0 spiro atoms. The van der Waals surface area contributed by atoms with Gasteiger partial charge in [-0.25, -0.2) is 15.0 Å². The first-order valence-corrected chi connectivity index (χ1v) is 22.5. The summed E-state index contributed by atoms with van der Waals surface area (Å²) in [5, 5.41) is 9.63. The van der Waals surface area contributed by atoms with Crippen molar-refractivity contribution in [3.05, 3.63) is 150 Å². The lowest BCUT2D eigenvalue weighted by Gasteiger charge is -2.50. The highest BCUT2D eigenvalue weighted by atomic mass is 15.0. The Morgan fingerprint density at radius 2 is 1.05 bits per heavy atom. The molecule has 0 aliphatic heterocycles. The quantitative estimate of drug-likeness (QED) is 0.151. The molecule has 0 radical (unpaired) electrons. The Balaban J connectivity index is 1.06. The van der Waals surface area contributed by atoms with Gasteiger partial charge in [0.15, 0.2) is 17.5 Å². The van der Waals surface area contributed by atoms with Crippen LogP contribution in [0.4, 0.5) is 0 Å². The largest absolute Gasteiger partial charge is 0.208 e. The van der Waals surface area contributed by atoms with Gasteiger partial charge in [0.25, 0.3) is 0 Å². The number of hydrogen-bond acceptors (Lipinski definition) is 4. The van der Waals surface area contributed by atoms with Gasteiger partial charge in [-0.05, 0) is 156 Å². The van der Waals surface area contributed by atoms with Gasteiger partial charge in [0.2, 0.25) is 0 Å². The molecule has 0 N–H and O–H groups in total. The van der Waals surface area contributed by atoms with Gasteiger partial charge >= 0.3 is 0 Å². The first-order valence-electron chi connectivity index (χ1n) is 22.5. The van der Waals surface area contributed by atoms with Gasteiger partial charge in [-0.15, -0.1) is 0 Å². The van der Waals surface area contributed by atoms with Gasteiger partial charge < -0.3 is 0 Å². The van der Waals surface area contributed by atoms with Crippen LogP contribution in [0.2, 0.25) is 0 Å². The van der Waals surface area contributed by atoms with Crippen LogP contribution in [0.5, 0.6) is 0 Å². The highest BCUT2D eigenvalue weighted by Crippen LogP contribution is 2.55. The van der Waals surface area contributed by atoms with Crippen LogP contribution in [0.15, 0.2) is 133 Å². The molecule has 60 heavy (non-hydrogen) atoms. The third-order valence-corrected chi connectivity index (χ3v) is 14.8. The number of aromatic nitrogens is 3.